The molecule has 172 valence electrons. The fraction of sp³-hybridized carbons (Fsp3) is 0.200. The van der Waals surface area contributed by atoms with Crippen LogP contribution in [0.2, 0.25) is 5.02 Å². The highest BCUT2D eigenvalue weighted by molar-refractivity contribution is 6.33. The summed E-state index contributed by atoms with van der Waals surface area (Å²) in [5.41, 5.74) is 2.97. The number of ether oxygens (including phenoxy) is 2. The maximum Gasteiger partial charge on any atom is 0.255 e. The quantitative estimate of drug-likeness (QED) is 0.506. The number of aliphatic hydroxyl groups is 1. The molecule has 0 aliphatic heterocycles. The van der Waals surface area contributed by atoms with Gasteiger partial charge in [-0.15, -0.1) is 0 Å². The van der Waals surface area contributed by atoms with Crippen LogP contribution >= 0.6 is 11.6 Å². The summed E-state index contributed by atoms with van der Waals surface area (Å²) in [4.78, 5) is 17.2. The Morgan fingerprint density at radius 1 is 1.18 bits per heavy atom. The van der Waals surface area contributed by atoms with Crippen LogP contribution in [0.4, 0.5) is 0 Å². The Bertz CT molecular complexity index is 1310. The van der Waals surface area contributed by atoms with Crippen LogP contribution in [0.1, 0.15) is 32.7 Å². The molecule has 0 spiro atoms. The third-order valence-corrected chi connectivity index (χ3v) is 5.42. The van der Waals surface area contributed by atoms with Gasteiger partial charge in [0.05, 0.1) is 35.9 Å². The summed E-state index contributed by atoms with van der Waals surface area (Å²) in [6.07, 6.45) is 1.37. The molecule has 2 aromatic carbocycles. The first-order valence-electron chi connectivity index (χ1n) is 10.2. The van der Waals surface area contributed by atoms with Gasteiger partial charge in [-0.05, 0) is 30.7 Å². The summed E-state index contributed by atoms with van der Waals surface area (Å²) in [6.45, 7) is 1.83. The molecule has 3 aromatic rings. The Morgan fingerprint density at radius 3 is 2.65 bits per heavy atom. The van der Waals surface area contributed by atoms with Crippen molar-refractivity contribution in [1.29, 1.82) is 10.5 Å². The van der Waals surface area contributed by atoms with E-state index in [1.165, 1.54) is 24.4 Å². The lowest BCUT2D eigenvalue weighted by atomic mass is 9.98. The van der Waals surface area contributed by atoms with Crippen LogP contribution in [0.5, 0.6) is 11.5 Å². The molecular weight excluding hydrogens is 456 g/mol. The van der Waals surface area contributed by atoms with Gasteiger partial charge in [0.25, 0.3) is 5.91 Å². The van der Waals surface area contributed by atoms with Gasteiger partial charge in [-0.2, -0.15) is 10.5 Å². The zero-order chi connectivity index (χ0) is 24.7. The van der Waals surface area contributed by atoms with E-state index in [0.717, 1.165) is 11.1 Å². The first-order valence-corrected chi connectivity index (χ1v) is 10.6. The molecule has 34 heavy (non-hydrogen) atoms. The zero-order valence-corrected chi connectivity index (χ0v) is 19.3. The van der Waals surface area contributed by atoms with Crippen molar-refractivity contribution >= 4 is 17.5 Å². The number of nitrogens with one attached hydrogen (secondary N) is 1. The predicted molar refractivity (Wildman–Crippen MR) is 126 cm³/mol. The molecule has 0 unspecified atom stereocenters. The summed E-state index contributed by atoms with van der Waals surface area (Å²) in [5, 5.41) is 30.9. The van der Waals surface area contributed by atoms with Gasteiger partial charge in [-0.3, -0.25) is 4.79 Å². The van der Waals surface area contributed by atoms with Gasteiger partial charge in [0.1, 0.15) is 29.9 Å². The lowest BCUT2D eigenvalue weighted by Gasteiger charge is -2.16. The number of hydrogen-bond donors (Lipinski definition) is 2. The van der Waals surface area contributed by atoms with Crippen molar-refractivity contribution in [2.24, 2.45) is 0 Å². The van der Waals surface area contributed by atoms with Gasteiger partial charge in [0.2, 0.25) is 0 Å². The van der Waals surface area contributed by atoms with Gasteiger partial charge in [0.15, 0.2) is 0 Å². The van der Waals surface area contributed by atoms with E-state index < -0.39 is 5.91 Å². The van der Waals surface area contributed by atoms with E-state index in [2.05, 4.69) is 10.3 Å². The molecule has 1 aromatic heterocycles. The highest BCUT2D eigenvalue weighted by Gasteiger charge is 2.20. The lowest BCUT2D eigenvalue weighted by Crippen LogP contribution is -2.24. The van der Waals surface area contributed by atoms with Gasteiger partial charge >= 0.3 is 0 Å². The molecule has 2 N–H and O–H groups in total. The fourth-order valence-corrected chi connectivity index (χ4v) is 3.65. The van der Waals surface area contributed by atoms with E-state index in [9.17, 15) is 15.2 Å². The number of nitrogens with zero attached hydrogens (tertiary/aromatic N) is 3. The van der Waals surface area contributed by atoms with E-state index in [0.29, 0.717) is 16.9 Å². The number of aryl methyl sites for hydroxylation is 1. The van der Waals surface area contributed by atoms with Gasteiger partial charge in [0, 0.05) is 35.5 Å². The van der Waals surface area contributed by atoms with Crippen LogP contribution in [0, 0.1) is 29.6 Å². The molecule has 1 heterocycles. The number of aromatic nitrogens is 1. The summed E-state index contributed by atoms with van der Waals surface area (Å²) in [6, 6.07) is 13.8. The Balaban J connectivity index is 2.03. The van der Waals surface area contributed by atoms with Crippen LogP contribution in [-0.4, -0.2) is 36.3 Å². The molecule has 8 nitrogen and oxygen atoms in total. The van der Waals surface area contributed by atoms with E-state index in [4.69, 9.17) is 26.3 Å². The lowest BCUT2D eigenvalue weighted by molar-refractivity contribution is 0.0945. The minimum absolute atomic E-state index is 0.0383. The van der Waals surface area contributed by atoms with Crippen molar-refractivity contribution < 1.29 is 19.4 Å². The number of hydrogen-bond acceptors (Lipinski definition) is 7. The number of rotatable bonds is 8. The number of benzene rings is 2. The number of carbonyl (C=O) groups is 1. The summed E-state index contributed by atoms with van der Waals surface area (Å²) in [5.74, 6) is 0.379. The first-order chi connectivity index (χ1) is 16.4. The van der Waals surface area contributed by atoms with Crippen molar-refractivity contribution in [2.75, 3.05) is 20.3 Å². The predicted octanol–water partition coefficient (Wildman–Crippen LogP) is 3.76. The van der Waals surface area contributed by atoms with Gasteiger partial charge in [-0.25, -0.2) is 4.98 Å². The van der Waals surface area contributed by atoms with Crippen LogP contribution in [0.15, 0.2) is 42.6 Å². The topological polar surface area (TPSA) is 128 Å². The molecule has 0 radical (unpaired) electrons. The second kappa shape index (κ2) is 11.2. The van der Waals surface area contributed by atoms with Crippen LogP contribution in [0.3, 0.4) is 0 Å². The van der Waals surface area contributed by atoms with Gasteiger partial charge < -0.3 is 19.9 Å². The van der Waals surface area contributed by atoms with Gasteiger partial charge in [-0.1, -0.05) is 23.7 Å². The maximum atomic E-state index is 13.2. The Hall–Kier alpha value is -4.11. The fourth-order valence-electron chi connectivity index (χ4n) is 3.39. The molecule has 0 aliphatic rings. The zero-order valence-electron chi connectivity index (χ0n) is 18.6. The molecule has 0 fully saturated rings. The second-order valence-corrected chi connectivity index (χ2v) is 7.58. The highest BCUT2D eigenvalue weighted by atomic mass is 35.5. The van der Waals surface area contributed by atoms with Crippen LogP contribution < -0.4 is 14.8 Å². The van der Waals surface area contributed by atoms with Crippen molar-refractivity contribution in [1.82, 2.24) is 10.3 Å². The van der Waals surface area contributed by atoms with Crippen molar-refractivity contribution in [3.63, 3.8) is 0 Å². The molecule has 0 atom stereocenters. The number of carbonyl (C=O) groups excluding carboxylic acids is 1. The van der Waals surface area contributed by atoms with Crippen molar-refractivity contribution in [3.8, 4) is 34.8 Å². The molecule has 1 amide bonds. The largest absolute Gasteiger partial charge is 0.496 e. The third-order valence-electron chi connectivity index (χ3n) is 5.10. The van der Waals surface area contributed by atoms with Crippen LogP contribution in [0.25, 0.3) is 11.1 Å². The average Bonchev–Trinajstić information content (AvgIpc) is 2.86. The molecule has 0 bridgehead atoms. The molecule has 0 saturated carbocycles. The molecule has 0 aliphatic carbocycles. The highest BCUT2D eigenvalue weighted by Crippen LogP contribution is 2.36. The number of amides is 1. The van der Waals surface area contributed by atoms with Crippen LogP contribution in [-0.2, 0) is 6.54 Å². The number of aliphatic hydroxyl groups excluding tert-OH is 1. The monoisotopic (exact) mass is 476 g/mol. The number of methoxy groups -OCH3 is 1. The molecule has 3 rings (SSSR count). The van der Waals surface area contributed by atoms with E-state index in [-0.39, 0.29) is 47.4 Å². The first kappa shape index (κ1) is 24.5. The van der Waals surface area contributed by atoms with E-state index >= 15 is 0 Å². The summed E-state index contributed by atoms with van der Waals surface area (Å²) >= 11 is 6.46. The van der Waals surface area contributed by atoms with E-state index in [1.54, 1.807) is 7.11 Å². The second-order valence-electron chi connectivity index (χ2n) is 7.18. The SMILES string of the molecule is COc1cccc(C)c1CNC(=O)c1cc(-c2cnc(C#N)cc2C#N)c(Cl)cc1OCCO. The third kappa shape index (κ3) is 5.26. The number of nitriles is 2. The maximum absolute atomic E-state index is 13.2. The summed E-state index contributed by atoms with van der Waals surface area (Å²) < 4.78 is 10.9. The molecule has 9 heteroatoms. The van der Waals surface area contributed by atoms with E-state index in [1.807, 2.05) is 37.3 Å². The molecular formula is C25H21ClN4O4. The number of pyridine rings is 1. The average molecular weight is 477 g/mol. The van der Waals surface area contributed by atoms with Crippen molar-refractivity contribution in [3.05, 3.63) is 75.6 Å². The normalized spacial score (nSPS) is 10.2. The Labute approximate surface area is 202 Å². The number of halogens is 1. The standard InChI is InChI=1S/C25H21ClN4O4/c1-15-4-3-5-23(33-2)20(15)13-30-25(32)19-9-18(22(26)10-24(19)34-7-6-31)21-14-29-17(12-28)8-16(21)11-27/h3-5,8-10,14,31H,6-7,13H2,1-2H3,(H,30,32). The Kier molecular flexibility index (Phi) is 8.05. The molecule has 0 saturated heterocycles. The summed E-state index contributed by atoms with van der Waals surface area (Å²) in [7, 11) is 1.56. The smallest absolute Gasteiger partial charge is 0.255 e. The minimum Gasteiger partial charge on any atom is -0.496 e. The van der Waals surface area contributed by atoms with Crippen molar-refractivity contribution in [2.45, 2.75) is 13.5 Å². The minimum atomic E-state index is -0.448. The Morgan fingerprint density at radius 2 is 1.97 bits per heavy atom.